The molecule has 5 aromatic rings. The first-order valence-corrected chi connectivity index (χ1v) is 14.5. The fourth-order valence-corrected chi connectivity index (χ4v) is 6.10. The molecule has 1 aliphatic rings. The van der Waals surface area contributed by atoms with Crippen LogP contribution in [0.2, 0.25) is 0 Å². The number of phenols is 1. The number of carbonyl (C=O) groups is 2. The van der Waals surface area contributed by atoms with Gasteiger partial charge in [0.2, 0.25) is 5.91 Å². The summed E-state index contributed by atoms with van der Waals surface area (Å²) in [5.74, 6) is 1.41. The maximum atomic E-state index is 13.4. The van der Waals surface area contributed by atoms with Crippen molar-refractivity contribution in [2.45, 2.75) is 45.3 Å². The summed E-state index contributed by atoms with van der Waals surface area (Å²) in [5.41, 5.74) is 5.90. The first-order chi connectivity index (χ1) is 21.2. The van der Waals surface area contributed by atoms with E-state index in [1.807, 2.05) is 81.4 Å². The van der Waals surface area contributed by atoms with Crippen LogP contribution in [0.15, 0.2) is 81.7 Å². The van der Waals surface area contributed by atoms with Crippen molar-refractivity contribution in [2.75, 3.05) is 13.1 Å². The Labute approximate surface area is 254 Å². The van der Waals surface area contributed by atoms with E-state index in [9.17, 15) is 14.7 Å². The summed E-state index contributed by atoms with van der Waals surface area (Å²) in [5, 5.41) is 29.8. The van der Waals surface area contributed by atoms with Gasteiger partial charge >= 0.3 is 6.09 Å². The number of phenolic OH excluding ortho intramolecular Hbond substituents is 1. The van der Waals surface area contributed by atoms with Gasteiger partial charge in [-0.05, 0) is 73.4 Å². The van der Waals surface area contributed by atoms with Crippen molar-refractivity contribution in [2.24, 2.45) is 0 Å². The predicted molar refractivity (Wildman–Crippen MR) is 164 cm³/mol. The van der Waals surface area contributed by atoms with E-state index in [4.69, 9.17) is 14.0 Å². The van der Waals surface area contributed by atoms with Gasteiger partial charge in [0.25, 0.3) is 0 Å². The lowest BCUT2D eigenvalue weighted by Crippen LogP contribution is -2.60. The third kappa shape index (κ3) is 5.89. The molecule has 0 saturated carbocycles. The van der Waals surface area contributed by atoms with Crippen molar-refractivity contribution in [3.05, 3.63) is 118 Å². The smallest absolute Gasteiger partial charge is 0.404 e. The number of nitrogens with zero attached hydrogens (tertiary/aromatic N) is 2. The lowest BCUT2D eigenvalue weighted by Gasteiger charge is -2.43. The van der Waals surface area contributed by atoms with Crippen LogP contribution in [-0.4, -0.2) is 51.4 Å². The lowest BCUT2D eigenvalue weighted by molar-refractivity contribution is -0.120. The zero-order valence-corrected chi connectivity index (χ0v) is 24.7. The van der Waals surface area contributed by atoms with E-state index >= 15 is 0 Å². The van der Waals surface area contributed by atoms with Gasteiger partial charge in [-0.25, -0.2) is 4.79 Å². The molecule has 1 saturated heterocycles. The van der Waals surface area contributed by atoms with E-state index in [1.54, 1.807) is 12.1 Å². The molecule has 10 heteroatoms. The number of hydrogen-bond acceptors (Lipinski definition) is 7. The van der Waals surface area contributed by atoms with Crippen LogP contribution < -0.4 is 10.6 Å². The Bertz CT molecular complexity index is 1800. The maximum absolute atomic E-state index is 13.4. The Balaban J connectivity index is 1.24. The summed E-state index contributed by atoms with van der Waals surface area (Å²) in [4.78, 5) is 26.7. The number of nitrogens with one attached hydrogen (secondary N) is 2. The van der Waals surface area contributed by atoms with E-state index < -0.39 is 6.09 Å². The second-order valence-electron chi connectivity index (χ2n) is 11.4. The van der Waals surface area contributed by atoms with Crippen LogP contribution in [0.3, 0.4) is 0 Å². The number of amides is 2. The SMILES string of the molecule is Cc1cc(O)ccc1C(NC(=O)Cc1ccc2oc(C(c3c(C)noc3C)N3CC(NC(=O)O)C3)cc2c1)c1ccccc1. The number of carboxylic acid groups (broad SMARTS) is 1. The van der Waals surface area contributed by atoms with Gasteiger partial charge in [0.15, 0.2) is 0 Å². The molecule has 2 atom stereocenters. The molecule has 0 spiro atoms. The average Bonchev–Trinajstić information content (AvgIpc) is 3.53. The summed E-state index contributed by atoms with van der Waals surface area (Å²) in [6, 6.07) is 21.8. The summed E-state index contributed by atoms with van der Waals surface area (Å²) < 4.78 is 11.8. The van der Waals surface area contributed by atoms with Crippen molar-refractivity contribution >= 4 is 23.0 Å². The number of benzene rings is 3. The summed E-state index contributed by atoms with van der Waals surface area (Å²) >= 11 is 0. The molecule has 2 aromatic heterocycles. The van der Waals surface area contributed by atoms with Crippen LogP contribution in [0, 0.1) is 20.8 Å². The molecule has 0 aliphatic carbocycles. The van der Waals surface area contributed by atoms with Gasteiger partial charge in [-0.1, -0.05) is 47.6 Å². The lowest BCUT2D eigenvalue weighted by atomic mass is 9.94. The predicted octanol–water partition coefficient (Wildman–Crippen LogP) is 5.54. The van der Waals surface area contributed by atoms with Crippen LogP contribution in [0.5, 0.6) is 5.75 Å². The molecular weight excluding hydrogens is 560 g/mol. The minimum atomic E-state index is -1.04. The van der Waals surface area contributed by atoms with Crippen molar-refractivity contribution in [1.82, 2.24) is 20.7 Å². The van der Waals surface area contributed by atoms with Crippen molar-refractivity contribution < 1.29 is 28.7 Å². The van der Waals surface area contributed by atoms with Crippen molar-refractivity contribution in [3.63, 3.8) is 0 Å². The van der Waals surface area contributed by atoms with Crippen molar-refractivity contribution in [3.8, 4) is 5.75 Å². The Kier molecular flexibility index (Phi) is 7.84. The number of aromatic nitrogens is 1. The number of aryl methyl sites for hydroxylation is 3. The largest absolute Gasteiger partial charge is 0.508 e. The molecule has 6 rings (SSSR count). The van der Waals surface area contributed by atoms with E-state index in [-0.39, 0.29) is 36.2 Å². The second-order valence-corrected chi connectivity index (χ2v) is 11.4. The van der Waals surface area contributed by atoms with Crippen LogP contribution in [-0.2, 0) is 11.2 Å². The fraction of sp³-hybridized carbons (Fsp3) is 0.265. The van der Waals surface area contributed by atoms with Gasteiger partial charge < -0.3 is 29.8 Å². The molecule has 1 fully saturated rings. The zero-order valence-electron chi connectivity index (χ0n) is 24.7. The number of hydrogen-bond donors (Lipinski definition) is 4. The normalized spacial score (nSPS) is 15.1. The van der Waals surface area contributed by atoms with Gasteiger partial charge in [-0.3, -0.25) is 9.69 Å². The molecule has 226 valence electrons. The molecule has 3 aromatic carbocycles. The third-order valence-corrected chi connectivity index (χ3v) is 8.20. The number of aromatic hydroxyl groups is 1. The number of fused-ring (bicyclic) bond motifs is 1. The highest BCUT2D eigenvalue weighted by Gasteiger charge is 2.39. The molecule has 44 heavy (non-hydrogen) atoms. The molecular formula is C34H34N4O6. The Morgan fingerprint density at radius 1 is 1.02 bits per heavy atom. The molecule has 0 bridgehead atoms. The number of furan rings is 1. The minimum absolute atomic E-state index is 0.138. The summed E-state index contributed by atoms with van der Waals surface area (Å²) in [6.07, 6.45) is -0.879. The molecule has 10 nitrogen and oxygen atoms in total. The number of likely N-dealkylation sites (tertiary alicyclic amines) is 1. The second kappa shape index (κ2) is 11.9. The van der Waals surface area contributed by atoms with E-state index in [1.165, 1.54) is 0 Å². The molecule has 2 amide bonds. The first-order valence-electron chi connectivity index (χ1n) is 14.5. The topological polar surface area (TPSA) is 141 Å². The number of rotatable bonds is 9. The van der Waals surface area contributed by atoms with E-state index in [2.05, 4.69) is 20.7 Å². The Morgan fingerprint density at radius 3 is 2.48 bits per heavy atom. The van der Waals surface area contributed by atoms with Crippen molar-refractivity contribution in [1.29, 1.82) is 0 Å². The monoisotopic (exact) mass is 594 g/mol. The molecule has 0 radical (unpaired) electrons. The Hall–Kier alpha value is -5.09. The highest BCUT2D eigenvalue weighted by atomic mass is 16.5. The zero-order chi connectivity index (χ0) is 31.0. The summed E-state index contributed by atoms with van der Waals surface area (Å²) in [7, 11) is 0. The molecule has 1 aliphatic heterocycles. The molecule has 4 N–H and O–H groups in total. The van der Waals surface area contributed by atoms with E-state index in [0.717, 1.165) is 38.9 Å². The van der Waals surface area contributed by atoms with Gasteiger partial charge in [-0.2, -0.15) is 0 Å². The standard InChI is InChI=1S/C34H34N4O6/c1-19-13-26(39)10-11-27(19)32(23-7-5-4-6-8-23)36-30(40)15-22-9-12-28-24(14-22)16-29(43-28)33(31-20(2)37-44-21(31)3)38-17-25(18-38)35-34(41)42/h4-14,16,25,32-33,35,39H,15,17-18H2,1-3H3,(H,36,40)(H,41,42). The fourth-order valence-electron chi connectivity index (χ4n) is 6.10. The van der Waals surface area contributed by atoms with Crippen LogP contribution in [0.4, 0.5) is 4.79 Å². The molecule has 3 heterocycles. The highest BCUT2D eigenvalue weighted by molar-refractivity contribution is 5.83. The number of carbonyl (C=O) groups excluding carboxylic acids is 1. The average molecular weight is 595 g/mol. The van der Waals surface area contributed by atoms with Crippen LogP contribution >= 0.6 is 0 Å². The van der Waals surface area contributed by atoms with Gasteiger partial charge in [0.1, 0.15) is 22.9 Å². The van der Waals surface area contributed by atoms with Crippen LogP contribution in [0.1, 0.15) is 57.1 Å². The minimum Gasteiger partial charge on any atom is -0.508 e. The Morgan fingerprint density at radius 2 is 1.80 bits per heavy atom. The first kappa shape index (κ1) is 29.0. The molecule has 2 unspecified atom stereocenters. The van der Waals surface area contributed by atoms with Gasteiger partial charge in [0.05, 0.1) is 30.2 Å². The highest BCUT2D eigenvalue weighted by Crippen LogP contribution is 2.38. The van der Waals surface area contributed by atoms with Crippen LogP contribution in [0.25, 0.3) is 11.0 Å². The third-order valence-electron chi connectivity index (χ3n) is 8.20. The summed E-state index contributed by atoms with van der Waals surface area (Å²) in [6.45, 7) is 6.70. The maximum Gasteiger partial charge on any atom is 0.404 e. The van der Waals surface area contributed by atoms with Gasteiger partial charge in [0, 0.05) is 24.0 Å². The quantitative estimate of drug-likeness (QED) is 0.174. The van der Waals surface area contributed by atoms with Gasteiger partial charge in [-0.15, -0.1) is 0 Å². The van der Waals surface area contributed by atoms with E-state index in [0.29, 0.717) is 30.2 Å².